The zero-order valence-corrected chi connectivity index (χ0v) is 71.9. The lowest BCUT2D eigenvalue weighted by Gasteiger charge is -2.37. The molecule has 16 aromatic carbocycles. The number of hydrogen-bond acceptors (Lipinski definition) is 8. The van der Waals surface area contributed by atoms with E-state index in [1.165, 1.54) is 63.7 Å². The molecule has 20 rings (SSSR count). The van der Waals surface area contributed by atoms with E-state index >= 15 is 0 Å². The predicted octanol–water partition coefficient (Wildman–Crippen LogP) is 18.3. The third kappa shape index (κ3) is 17.5. The molecule has 0 bridgehead atoms. The van der Waals surface area contributed by atoms with Crippen molar-refractivity contribution in [1.29, 1.82) is 0 Å². The van der Waals surface area contributed by atoms with E-state index in [0.29, 0.717) is 26.2 Å². The third-order valence-electron chi connectivity index (χ3n) is 22.9. The highest BCUT2D eigenvalue weighted by molar-refractivity contribution is 7.81. The predicted molar refractivity (Wildman–Crippen MR) is 518 cm³/mol. The van der Waals surface area contributed by atoms with Gasteiger partial charge in [-0.1, -0.05) is 458 Å². The van der Waals surface area contributed by atoms with Crippen LogP contribution in [0.3, 0.4) is 0 Å². The van der Waals surface area contributed by atoms with Crippen LogP contribution in [0.1, 0.15) is 44.5 Å². The van der Waals surface area contributed by atoms with E-state index in [9.17, 15) is 0 Å². The first-order valence-electron chi connectivity index (χ1n) is 41.9. The van der Waals surface area contributed by atoms with Crippen LogP contribution in [0.2, 0.25) is 0 Å². The van der Waals surface area contributed by atoms with Crippen molar-refractivity contribution >= 4 is 95.3 Å². The number of benzene rings is 16. The average molecular weight is 1690 g/mol. The first-order valence-corrected chi connectivity index (χ1v) is 47.3. The Kier molecular flexibility index (Phi) is 23.4. The molecule has 0 radical (unpaired) electrons. The van der Waals surface area contributed by atoms with Crippen LogP contribution < -0.4 is 63.7 Å². The zero-order chi connectivity index (χ0) is 83.5. The van der Waals surface area contributed by atoms with Gasteiger partial charge in [0.1, 0.15) is 22.8 Å². The summed E-state index contributed by atoms with van der Waals surface area (Å²) in [7, 11) is -2.96. The molecule has 12 nitrogen and oxygen atoms in total. The molecule has 4 aromatic heterocycles. The summed E-state index contributed by atoms with van der Waals surface area (Å²) in [6, 6.07) is 158. The Morgan fingerprint density at radius 3 is 0.480 bits per heavy atom. The molecule has 0 aliphatic carbocycles. The van der Waals surface area contributed by atoms with Gasteiger partial charge in [0.15, 0.2) is 0 Å². The van der Waals surface area contributed by atoms with E-state index < -0.39 is 37.1 Å². The molecule has 0 aliphatic rings. The summed E-state index contributed by atoms with van der Waals surface area (Å²) < 4.78 is 7.74. The standard InChI is InChI=1S/C109H84N12P4/c1-9-25-93(26-10-1)122(94-27-11-2-12-28-94)101-65-41-81(42-66-101)73-118-77-105(110-114-118)85-49-57-89(58-50-85)109(90-59-51-86(52-60-90)106-78-119(115-111-106)74-82-43-67-102(68-44-82)123(95-29-13-3-14-30-95)96-31-15-4-16-32-96,91-61-53-87(54-62-91)107-79-120(116-112-107)75-83-45-69-103(70-46-83)124(97-33-17-5-18-34-97)98-35-19-6-20-36-98)92-63-55-88(56-64-92)108-80-121(117-113-108)76-84-47-71-104(72-48-84)125(99-37-21-7-22-38-99)100-39-23-8-24-40-100/h1-72,77-80H,73-76H2. The van der Waals surface area contributed by atoms with Crippen LogP contribution in [0.4, 0.5) is 0 Å². The van der Waals surface area contributed by atoms with Crippen molar-refractivity contribution in [3.63, 3.8) is 0 Å². The van der Waals surface area contributed by atoms with Crippen LogP contribution in [0, 0.1) is 0 Å². The van der Waals surface area contributed by atoms with Gasteiger partial charge in [0.2, 0.25) is 0 Å². The highest BCUT2D eigenvalue weighted by atomic mass is 31.1. The smallest absolute Gasteiger partial charge is 0.113 e. The largest absolute Gasteiger partial charge is 0.247 e. The highest BCUT2D eigenvalue weighted by Crippen LogP contribution is 2.48. The SMILES string of the molecule is c1ccc(P(c2ccccc2)c2ccc(Cn3cc(-c4ccc(C(c5ccc(-c6cn(Cc7ccc(P(c8ccccc8)c8ccccc8)cc7)nn6)cc5)(c5ccc(-c6cn(Cc7ccc(P(c8ccccc8)c8ccccc8)cc7)nn6)cc5)c5ccc(-c6cn(Cc7ccc(P(c8ccccc8)c8ccccc8)cc7)nn6)cc5)cc4)nn3)cc2)cc1. The maximum atomic E-state index is 4.84. The van der Waals surface area contributed by atoms with Crippen LogP contribution in [0.5, 0.6) is 0 Å². The fourth-order valence-corrected chi connectivity index (χ4v) is 25.9. The summed E-state index contributed by atoms with van der Waals surface area (Å²) in [5, 5.41) is 54.0. The van der Waals surface area contributed by atoms with Gasteiger partial charge in [0, 0.05) is 22.3 Å². The number of hydrogen-bond donors (Lipinski definition) is 0. The van der Waals surface area contributed by atoms with Crippen LogP contribution in [0.25, 0.3) is 45.0 Å². The Bertz CT molecular complexity index is 5890. The second-order valence-electron chi connectivity index (χ2n) is 31.0. The monoisotopic (exact) mass is 1680 g/mol. The Morgan fingerprint density at radius 1 is 0.168 bits per heavy atom. The number of nitrogens with zero attached hydrogens (tertiary/aromatic N) is 12. The van der Waals surface area contributed by atoms with E-state index in [-0.39, 0.29) is 0 Å². The van der Waals surface area contributed by atoms with Gasteiger partial charge in [0.05, 0.1) is 56.4 Å². The molecule has 0 N–H and O–H groups in total. The van der Waals surface area contributed by atoms with Crippen LogP contribution in [0.15, 0.2) is 462 Å². The lowest BCUT2D eigenvalue weighted by atomic mass is 9.64. The van der Waals surface area contributed by atoms with E-state index in [4.69, 9.17) is 41.2 Å². The van der Waals surface area contributed by atoms with Gasteiger partial charge in [-0.15, -0.1) is 20.4 Å². The molecule has 600 valence electrons. The normalized spacial score (nSPS) is 11.6. The molecular formula is C109H84N12P4. The first kappa shape index (κ1) is 79.3. The van der Waals surface area contributed by atoms with Crippen LogP contribution in [-0.2, 0) is 31.6 Å². The van der Waals surface area contributed by atoms with Crippen molar-refractivity contribution < 1.29 is 0 Å². The van der Waals surface area contributed by atoms with Gasteiger partial charge in [-0.3, -0.25) is 0 Å². The Balaban J connectivity index is 0.636. The molecule has 0 saturated heterocycles. The molecule has 0 fully saturated rings. The quantitative estimate of drug-likeness (QED) is 0.0351. The summed E-state index contributed by atoms with van der Waals surface area (Å²) >= 11 is 0. The second-order valence-corrected chi connectivity index (χ2v) is 39.8. The van der Waals surface area contributed by atoms with Gasteiger partial charge in [-0.2, -0.15) is 0 Å². The molecule has 4 heterocycles. The first-order chi connectivity index (χ1) is 61.9. The van der Waals surface area contributed by atoms with Crippen molar-refractivity contribution in [3.8, 4) is 45.0 Å². The fraction of sp³-hybridized carbons (Fsp3) is 0.0459. The second kappa shape index (κ2) is 36.9. The minimum Gasteiger partial charge on any atom is -0.247 e. The molecule has 0 atom stereocenters. The van der Waals surface area contributed by atoms with Crippen molar-refractivity contribution in [2.24, 2.45) is 0 Å². The highest BCUT2D eigenvalue weighted by Gasteiger charge is 2.39. The van der Waals surface area contributed by atoms with Gasteiger partial charge in [-0.05, 0) is 140 Å². The third-order valence-corrected chi connectivity index (χ3v) is 32.7. The van der Waals surface area contributed by atoms with E-state index in [1.54, 1.807) is 0 Å². The molecular weight excluding hydrogens is 1600 g/mol. The summed E-state index contributed by atoms with van der Waals surface area (Å²) in [5.41, 5.74) is 14.6. The molecule has 125 heavy (non-hydrogen) atoms. The molecule has 20 aromatic rings. The van der Waals surface area contributed by atoms with Crippen molar-refractivity contribution in [2.45, 2.75) is 31.6 Å². The van der Waals surface area contributed by atoms with Crippen LogP contribution in [-0.4, -0.2) is 60.0 Å². The van der Waals surface area contributed by atoms with Crippen molar-refractivity contribution in [3.05, 3.63) is 506 Å². The lowest BCUT2D eigenvalue weighted by Crippen LogP contribution is -2.31. The lowest BCUT2D eigenvalue weighted by molar-refractivity contribution is 0.650. The number of rotatable bonds is 28. The minimum absolute atomic E-state index is 0.563. The molecule has 0 unspecified atom stereocenters. The molecule has 16 heteroatoms. The topological polar surface area (TPSA) is 123 Å². The maximum absolute atomic E-state index is 4.84. The van der Waals surface area contributed by atoms with Gasteiger partial charge < -0.3 is 0 Å². The van der Waals surface area contributed by atoms with E-state index in [1.807, 2.05) is 18.7 Å². The van der Waals surface area contributed by atoms with Crippen molar-refractivity contribution in [1.82, 2.24) is 60.0 Å². The summed E-state index contributed by atoms with van der Waals surface area (Å²) in [6.07, 6.45) is 8.20. The molecule has 0 aliphatic heterocycles. The fourth-order valence-electron chi connectivity index (χ4n) is 16.8. The van der Waals surface area contributed by atoms with E-state index in [2.05, 4.69) is 462 Å². The summed E-state index contributed by atoms with van der Waals surface area (Å²) in [4.78, 5) is 0. The molecule has 0 amide bonds. The average Bonchev–Trinajstić information content (AvgIpc) is 1.59. The molecule has 0 spiro atoms. The summed E-state index contributed by atoms with van der Waals surface area (Å²) in [6.45, 7) is 2.25. The van der Waals surface area contributed by atoms with Crippen molar-refractivity contribution in [2.75, 3.05) is 0 Å². The Morgan fingerprint density at radius 2 is 0.320 bits per heavy atom. The summed E-state index contributed by atoms with van der Waals surface area (Å²) in [5.74, 6) is 0. The molecule has 0 saturated carbocycles. The Hall–Kier alpha value is -14.2. The van der Waals surface area contributed by atoms with Gasteiger partial charge in [0.25, 0.3) is 0 Å². The Labute approximate surface area is 733 Å². The van der Waals surface area contributed by atoms with Crippen LogP contribution >= 0.6 is 31.7 Å². The zero-order valence-electron chi connectivity index (χ0n) is 68.4. The number of aromatic nitrogens is 12. The van der Waals surface area contributed by atoms with Gasteiger partial charge >= 0.3 is 0 Å². The minimum atomic E-state index is -0.930. The van der Waals surface area contributed by atoms with E-state index in [0.717, 1.165) is 89.5 Å². The van der Waals surface area contributed by atoms with Gasteiger partial charge in [-0.25, -0.2) is 18.7 Å². The maximum Gasteiger partial charge on any atom is 0.113 e.